The van der Waals surface area contributed by atoms with Crippen molar-refractivity contribution in [2.75, 3.05) is 7.11 Å². The lowest BCUT2D eigenvalue weighted by molar-refractivity contribution is -0.161. The fourth-order valence-corrected chi connectivity index (χ4v) is 0.890. The molecule has 0 bridgehead atoms. The molecule has 0 saturated carbocycles. The van der Waals surface area contributed by atoms with Crippen LogP contribution in [-0.2, 0) is 9.53 Å². The van der Waals surface area contributed by atoms with E-state index in [0.717, 1.165) is 7.11 Å². The van der Waals surface area contributed by atoms with Gasteiger partial charge in [0.1, 0.15) is 18.0 Å². The average Bonchev–Trinajstić information content (AvgIpc) is 2.23. The first kappa shape index (κ1) is 13.9. The Balaban J connectivity index is 4.65. The first-order chi connectivity index (χ1) is 6.82. The van der Waals surface area contributed by atoms with Gasteiger partial charge in [-0.15, -0.1) is 0 Å². The molecule has 4 N–H and O–H groups in total. The number of aliphatic hydroxyl groups excluding tert-OH is 4. The molecule has 0 aromatic heterocycles. The lowest BCUT2D eigenvalue weighted by Crippen LogP contribution is -2.43. The summed E-state index contributed by atoms with van der Waals surface area (Å²) in [5.74, 6) is -1.56. The fourth-order valence-electron chi connectivity index (χ4n) is 0.890. The largest absolute Gasteiger partial charge is 0.510 e. The van der Waals surface area contributed by atoms with Crippen LogP contribution < -0.4 is 0 Å². The highest BCUT2D eigenvalue weighted by molar-refractivity contribution is 5.75. The molecule has 0 rings (SSSR count). The number of esters is 1. The molecule has 88 valence electrons. The first-order valence-electron chi connectivity index (χ1n) is 4.31. The molecule has 0 amide bonds. The highest BCUT2D eigenvalue weighted by Crippen LogP contribution is 2.12. The second kappa shape index (κ2) is 5.69. The van der Waals surface area contributed by atoms with E-state index in [9.17, 15) is 20.1 Å². The maximum atomic E-state index is 10.8. The fraction of sp³-hybridized carbons (Fsp3) is 0.667. The quantitative estimate of drug-likeness (QED) is 0.361. The molecule has 0 aliphatic carbocycles. The van der Waals surface area contributed by atoms with E-state index in [-0.39, 0.29) is 0 Å². The van der Waals surface area contributed by atoms with E-state index in [0.29, 0.717) is 5.57 Å². The van der Waals surface area contributed by atoms with Crippen LogP contribution in [0.3, 0.4) is 0 Å². The Kier molecular flexibility index (Phi) is 5.27. The Morgan fingerprint density at radius 2 is 1.60 bits per heavy atom. The van der Waals surface area contributed by atoms with Crippen molar-refractivity contribution in [3.8, 4) is 0 Å². The Labute approximate surface area is 87.4 Å². The topological polar surface area (TPSA) is 107 Å². The molecular formula is C9H16O6. The smallest absolute Gasteiger partial charge is 0.337 e. The Morgan fingerprint density at radius 1 is 1.13 bits per heavy atom. The summed E-state index contributed by atoms with van der Waals surface area (Å²) in [5.41, 5.74) is 0.374. The van der Waals surface area contributed by atoms with E-state index < -0.39 is 30.0 Å². The molecule has 0 radical (unpaired) electrons. The standard InChI is InChI=1S/C9H16O6/c1-4(2)5(10)6(11)7(12)8(13)9(14)15-3/h6-8,10-13H,1-3H3/t6-,7-,8-/m1/s1. The minimum atomic E-state index is -1.90. The van der Waals surface area contributed by atoms with Crippen molar-refractivity contribution in [2.24, 2.45) is 0 Å². The summed E-state index contributed by atoms with van der Waals surface area (Å²) in [6.07, 6.45) is -5.44. The summed E-state index contributed by atoms with van der Waals surface area (Å²) in [5, 5.41) is 37.1. The van der Waals surface area contributed by atoms with Gasteiger partial charge in [0.2, 0.25) is 0 Å². The van der Waals surface area contributed by atoms with Gasteiger partial charge < -0.3 is 25.2 Å². The molecule has 0 aromatic carbocycles. The van der Waals surface area contributed by atoms with Crippen molar-refractivity contribution in [3.05, 3.63) is 11.3 Å². The van der Waals surface area contributed by atoms with E-state index in [1.165, 1.54) is 13.8 Å². The lowest BCUT2D eigenvalue weighted by Gasteiger charge is -2.21. The van der Waals surface area contributed by atoms with Crippen molar-refractivity contribution in [1.82, 2.24) is 0 Å². The number of methoxy groups -OCH3 is 1. The molecule has 15 heavy (non-hydrogen) atoms. The molecule has 0 spiro atoms. The summed E-state index contributed by atoms with van der Waals surface area (Å²) < 4.78 is 4.17. The van der Waals surface area contributed by atoms with Crippen LogP contribution in [-0.4, -0.2) is 51.8 Å². The summed E-state index contributed by atoms with van der Waals surface area (Å²) >= 11 is 0. The molecule has 0 heterocycles. The SMILES string of the molecule is COC(=O)[C@H](O)[C@H](O)[C@H](O)C(O)=C(C)C. The predicted octanol–water partition coefficient (Wildman–Crippen LogP) is -0.906. The second-order valence-electron chi connectivity index (χ2n) is 3.29. The molecule has 6 heteroatoms. The van der Waals surface area contributed by atoms with Crippen LogP contribution in [0, 0.1) is 0 Å². The monoisotopic (exact) mass is 220 g/mol. The zero-order valence-electron chi connectivity index (χ0n) is 8.84. The van der Waals surface area contributed by atoms with Crippen LogP contribution in [0.1, 0.15) is 13.8 Å². The van der Waals surface area contributed by atoms with E-state index in [2.05, 4.69) is 4.74 Å². The van der Waals surface area contributed by atoms with Crippen molar-refractivity contribution >= 4 is 5.97 Å². The average molecular weight is 220 g/mol. The maximum Gasteiger partial charge on any atom is 0.337 e. The number of hydrogen-bond acceptors (Lipinski definition) is 6. The molecule has 6 nitrogen and oxygen atoms in total. The van der Waals surface area contributed by atoms with Crippen LogP contribution in [0.25, 0.3) is 0 Å². The van der Waals surface area contributed by atoms with Crippen LogP contribution in [0.15, 0.2) is 11.3 Å². The number of ether oxygens (including phenoxy) is 1. The van der Waals surface area contributed by atoms with Gasteiger partial charge in [0.15, 0.2) is 6.10 Å². The zero-order chi connectivity index (χ0) is 12.2. The van der Waals surface area contributed by atoms with Gasteiger partial charge in [-0.3, -0.25) is 0 Å². The normalized spacial score (nSPS) is 16.4. The Hall–Kier alpha value is -1.11. The van der Waals surface area contributed by atoms with Crippen LogP contribution in [0.2, 0.25) is 0 Å². The van der Waals surface area contributed by atoms with Crippen molar-refractivity contribution in [1.29, 1.82) is 0 Å². The third-order valence-electron chi connectivity index (χ3n) is 1.88. The van der Waals surface area contributed by atoms with Crippen LogP contribution >= 0.6 is 0 Å². The van der Waals surface area contributed by atoms with Gasteiger partial charge in [0.25, 0.3) is 0 Å². The number of carbonyl (C=O) groups excluding carboxylic acids is 1. The lowest BCUT2D eigenvalue weighted by atomic mass is 10.0. The van der Waals surface area contributed by atoms with Gasteiger partial charge in [-0.25, -0.2) is 4.79 Å². The molecular weight excluding hydrogens is 204 g/mol. The zero-order valence-corrected chi connectivity index (χ0v) is 8.84. The first-order valence-corrected chi connectivity index (χ1v) is 4.31. The number of allylic oxidation sites excluding steroid dienone is 1. The van der Waals surface area contributed by atoms with Crippen molar-refractivity contribution in [2.45, 2.75) is 32.2 Å². The molecule has 0 unspecified atom stereocenters. The van der Waals surface area contributed by atoms with E-state index in [1.54, 1.807) is 0 Å². The third kappa shape index (κ3) is 3.50. The molecule has 0 fully saturated rings. The highest BCUT2D eigenvalue weighted by Gasteiger charge is 2.33. The minimum Gasteiger partial charge on any atom is -0.510 e. The molecule has 0 aliphatic heterocycles. The molecule has 0 aromatic rings. The maximum absolute atomic E-state index is 10.8. The van der Waals surface area contributed by atoms with Gasteiger partial charge in [0, 0.05) is 0 Å². The molecule has 3 atom stereocenters. The van der Waals surface area contributed by atoms with Crippen LogP contribution in [0.4, 0.5) is 0 Å². The predicted molar refractivity (Wildman–Crippen MR) is 51.0 cm³/mol. The van der Waals surface area contributed by atoms with Crippen LogP contribution in [0.5, 0.6) is 0 Å². The Morgan fingerprint density at radius 3 is 1.93 bits per heavy atom. The van der Waals surface area contributed by atoms with Gasteiger partial charge >= 0.3 is 5.97 Å². The van der Waals surface area contributed by atoms with E-state index >= 15 is 0 Å². The number of carbonyl (C=O) groups is 1. The molecule has 0 saturated heterocycles. The third-order valence-corrected chi connectivity index (χ3v) is 1.88. The van der Waals surface area contributed by atoms with Crippen molar-refractivity contribution < 1.29 is 30.0 Å². The Bertz CT molecular complexity index is 255. The molecule has 0 aliphatic rings. The summed E-state index contributed by atoms with van der Waals surface area (Å²) in [6.45, 7) is 3.02. The summed E-state index contributed by atoms with van der Waals surface area (Å²) in [6, 6.07) is 0. The summed E-state index contributed by atoms with van der Waals surface area (Å²) in [7, 11) is 1.03. The number of rotatable bonds is 4. The van der Waals surface area contributed by atoms with Gasteiger partial charge in [-0.2, -0.15) is 0 Å². The highest BCUT2D eigenvalue weighted by atomic mass is 16.5. The van der Waals surface area contributed by atoms with Gasteiger partial charge in [-0.1, -0.05) is 0 Å². The number of aliphatic hydroxyl groups is 4. The summed E-state index contributed by atoms with van der Waals surface area (Å²) in [4.78, 5) is 10.8. The minimum absolute atomic E-state index is 0.374. The van der Waals surface area contributed by atoms with Crippen molar-refractivity contribution in [3.63, 3.8) is 0 Å². The number of hydrogen-bond donors (Lipinski definition) is 4. The van der Waals surface area contributed by atoms with E-state index in [1.807, 2.05) is 0 Å². The van der Waals surface area contributed by atoms with Gasteiger partial charge in [0.05, 0.1) is 7.11 Å². The second-order valence-corrected chi connectivity index (χ2v) is 3.29. The van der Waals surface area contributed by atoms with Gasteiger partial charge in [-0.05, 0) is 19.4 Å². The van der Waals surface area contributed by atoms with E-state index in [4.69, 9.17) is 5.11 Å².